The highest BCUT2D eigenvalue weighted by atomic mass is 16.7. The highest BCUT2D eigenvalue weighted by Crippen LogP contribution is 2.33. The molecule has 0 saturated carbocycles. The first-order valence-corrected chi connectivity index (χ1v) is 8.90. The predicted octanol–water partition coefficient (Wildman–Crippen LogP) is 2.82. The maximum Gasteiger partial charge on any atom is 0.163 e. The van der Waals surface area contributed by atoms with Gasteiger partial charge in [-0.1, -0.05) is 36.4 Å². The van der Waals surface area contributed by atoms with E-state index in [2.05, 4.69) is 6.58 Å². The quantitative estimate of drug-likeness (QED) is 0.768. The van der Waals surface area contributed by atoms with Crippen LogP contribution in [-0.4, -0.2) is 48.0 Å². The van der Waals surface area contributed by atoms with Gasteiger partial charge in [0.05, 0.1) is 31.5 Å². The van der Waals surface area contributed by atoms with Crippen molar-refractivity contribution in [1.82, 2.24) is 0 Å². The molecule has 0 amide bonds. The maximum atomic E-state index is 10.6. The average Bonchev–Trinajstić information content (AvgIpc) is 3.07. The van der Waals surface area contributed by atoms with Gasteiger partial charge in [0.15, 0.2) is 5.79 Å². The van der Waals surface area contributed by atoms with Gasteiger partial charge in [0, 0.05) is 6.42 Å². The van der Waals surface area contributed by atoms with E-state index in [1.165, 1.54) is 0 Å². The van der Waals surface area contributed by atoms with E-state index in [4.69, 9.17) is 18.9 Å². The van der Waals surface area contributed by atoms with Crippen LogP contribution in [0.3, 0.4) is 0 Å². The van der Waals surface area contributed by atoms with Crippen LogP contribution in [0.2, 0.25) is 0 Å². The first-order chi connectivity index (χ1) is 12.0. The molecule has 2 aliphatic heterocycles. The van der Waals surface area contributed by atoms with E-state index in [1.54, 1.807) is 6.08 Å². The Morgan fingerprint density at radius 2 is 2.04 bits per heavy atom. The molecule has 5 nitrogen and oxygen atoms in total. The maximum absolute atomic E-state index is 10.6. The van der Waals surface area contributed by atoms with Crippen molar-refractivity contribution in [2.75, 3.05) is 6.61 Å². The molecule has 0 radical (unpaired) electrons. The Kier molecular flexibility index (Phi) is 5.92. The number of hydrogen-bond acceptors (Lipinski definition) is 5. The second-order valence-corrected chi connectivity index (χ2v) is 7.18. The topological polar surface area (TPSA) is 57.2 Å². The molecule has 0 spiro atoms. The molecule has 0 aromatic heterocycles. The Labute approximate surface area is 149 Å². The minimum absolute atomic E-state index is 0.0579. The largest absolute Gasteiger partial charge is 0.388 e. The highest BCUT2D eigenvalue weighted by molar-refractivity contribution is 5.13. The lowest BCUT2D eigenvalue weighted by Crippen LogP contribution is -2.37. The summed E-state index contributed by atoms with van der Waals surface area (Å²) in [4.78, 5) is 0. The molecule has 3 unspecified atom stereocenters. The third kappa shape index (κ3) is 4.68. The van der Waals surface area contributed by atoms with Crippen LogP contribution in [-0.2, 0) is 25.6 Å². The minimum atomic E-state index is -0.679. The van der Waals surface area contributed by atoms with Crippen LogP contribution >= 0.6 is 0 Å². The van der Waals surface area contributed by atoms with Gasteiger partial charge in [0.1, 0.15) is 12.2 Å². The fourth-order valence-corrected chi connectivity index (χ4v) is 3.47. The van der Waals surface area contributed by atoms with Gasteiger partial charge >= 0.3 is 0 Å². The average molecular weight is 348 g/mol. The number of hydrogen-bond donors (Lipinski definition) is 1. The fourth-order valence-electron chi connectivity index (χ4n) is 3.47. The number of aliphatic hydroxyl groups is 1. The predicted molar refractivity (Wildman–Crippen MR) is 94.0 cm³/mol. The van der Waals surface area contributed by atoms with E-state index in [-0.39, 0.29) is 18.3 Å². The number of benzene rings is 1. The van der Waals surface area contributed by atoms with Crippen molar-refractivity contribution in [3.8, 4) is 0 Å². The van der Waals surface area contributed by atoms with Crippen LogP contribution in [0.25, 0.3) is 0 Å². The number of rotatable bonds is 7. The number of aliphatic hydroxyl groups excluding tert-OH is 1. The highest BCUT2D eigenvalue weighted by Gasteiger charge is 2.46. The normalized spacial score (nSPS) is 34.3. The summed E-state index contributed by atoms with van der Waals surface area (Å²) in [5.74, 6) is -0.567. The molecule has 3 rings (SSSR count). The third-order valence-corrected chi connectivity index (χ3v) is 4.68. The Morgan fingerprint density at radius 1 is 1.28 bits per heavy atom. The molecule has 25 heavy (non-hydrogen) atoms. The molecule has 1 aromatic rings. The lowest BCUT2D eigenvalue weighted by molar-refractivity contribution is -0.145. The van der Waals surface area contributed by atoms with E-state index < -0.39 is 18.0 Å². The van der Waals surface area contributed by atoms with Gasteiger partial charge in [-0.3, -0.25) is 0 Å². The number of ether oxygens (including phenoxy) is 4. The van der Waals surface area contributed by atoms with Crippen LogP contribution in [0.5, 0.6) is 0 Å². The molecule has 138 valence electrons. The zero-order chi connectivity index (χ0) is 17.9. The van der Waals surface area contributed by atoms with Gasteiger partial charge in [0.25, 0.3) is 0 Å². The summed E-state index contributed by atoms with van der Waals surface area (Å²) in [7, 11) is 0. The van der Waals surface area contributed by atoms with Crippen molar-refractivity contribution in [1.29, 1.82) is 0 Å². The van der Waals surface area contributed by atoms with Gasteiger partial charge in [-0.05, 0) is 25.8 Å². The van der Waals surface area contributed by atoms with Crippen LogP contribution in [0, 0.1) is 0 Å². The standard InChI is InChI=1S/C20H28O5/c1-4-8-16-18(21)19(22-12-14-9-6-5-7-10-14)17(24-16)11-15-13-23-20(2,3)25-15/h4-7,9-10,15-19,21H,1,8,11-13H2,2-3H3/t15?,16?,17?,18-,19-/m0/s1. The van der Waals surface area contributed by atoms with Gasteiger partial charge in [-0.15, -0.1) is 6.58 Å². The second-order valence-electron chi connectivity index (χ2n) is 7.18. The van der Waals surface area contributed by atoms with E-state index in [0.29, 0.717) is 26.1 Å². The van der Waals surface area contributed by atoms with Crippen molar-refractivity contribution < 1.29 is 24.1 Å². The van der Waals surface area contributed by atoms with Gasteiger partial charge in [0.2, 0.25) is 0 Å². The summed E-state index contributed by atoms with van der Waals surface area (Å²) in [5, 5.41) is 10.6. The Bertz CT molecular complexity index is 558. The third-order valence-electron chi connectivity index (χ3n) is 4.68. The smallest absolute Gasteiger partial charge is 0.163 e. The molecule has 1 N–H and O–H groups in total. The van der Waals surface area contributed by atoms with Crippen molar-refractivity contribution in [3.63, 3.8) is 0 Å². The van der Waals surface area contributed by atoms with Crippen molar-refractivity contribution in [2.24, 2.45) is 0 Å². The zero-order valence-electron chi connectivity index (χ0n) is 15.0. The Hall–Kier alpha value is -1.24. The van der Waals surface area contributed by atoms with Crippen LogP contribution in [0.1, 0.15) is 32.3 Å². The molecule has 5 atom stereocenters. The Balaban J connectivity index is 1.64. The summed E-state index contributed by atoms with van der Waals surface area (Å²) < 4.78 is 23.6. The molecule has 0 bridgehead atoms. The first-order valence-electron chi connectivity index (χ1n) is 8.90. The van der Waals surface area contributed by atoms with Gasteiger partial charge < -0.3 is 24.1 Å². The molecular formula is C20H28O5. The monoisotopic (exact) mass is 348 g/mol. The summed E-state index contributed by atoms with van der Waals surface area (Å²) in [6.07, 6.45) is 1.34. The SMILES string of the molecule is C=CCC1OC(CC2COC(C)(C)O2)[C@H](OCc2ccccc2)[C@H]1O. The molecule has 2 heterocycles. The molecule has 2 saturated heterocycles. The first kappa shape index (κ1) is 18.5. The molecular weight excluding hydrogens is 320 g/mol. The zero-order valence-corrected chi connectivity index (χ0v) is 15.0. The van der Waals surface area contributed by atoms with Crippen molar-refractivity contribution >= 4 is 0 Å². The summed E-state index contributed by atoms with van der Waals surface area (Å²) in [6, 6.07) is 9.94. The lowest BCUT2D eigenvalue weighted by Gasteiger charge is -2.23. The molecule has 5 heteroatoms. The fraction of sp³-hybridized carbons (Fsp3) is 0.600. The molecule has 0 aliphatic carbocycles. The summed E-state index contributed by atoms with van der Waals surface area (Å²) >= 11 is 0. The van der Waals surface area contributed by atoms with Crippen molar-refractivity contribution in [2.45, 2.75) is 69.6 Å². The molecule has 1 aromatic carbocycles. The van der Waals surface area contributed by atoms with E-state index in [0.717, 1.165) is 5.56 Å². The summed E-state index contributed by atoms with van der Waals surface area (Å²) in [6.45, 7) is 8.53. The van der Waals surface area contributed by atoms with Gasteiger partial charge in [-0.25, -0.2) is 0 Å². The Morgan fingerprint density at radius 3 is 2.68 bits per heavy atom. The van der Waals surface area contributed by atoms with E-state index in [1.807, 2.05) is 44.2 Å². The van der Waals surface area contributed by atoms with Crippen molar-refractivity contribution in [3.05, 3.63) is 48.6 Å². The van der Waals surface area contributed by atoms with Crippen LogP contribution in [0.15, 0.2) is 43.0 Å². The summed E-state index contributed by atoms with van der Waals surface area (Å²) in [5.41, 5.74) is 1.07. The van der Waals surface area contributed by atoms with Gasteiger partial charge in [-0.2, -0.15) is 0 Å². The molecule has 2 aliphatic rings. The second kappa shape index (κ2) is 7.98. The molecule has 2 fully saturated rings. The van der Waals surface area contributed by atoms with Crippen LogP contribution in [0.4, 0.5) is 0 Å². The lowest BCUT2D eigenvalue weighted by atomic mass is 10.0. The van der Waals surface area contributed by atoms with Crippen LogP contribution < -0.4 is 0 Å². The minimum Gasteiger partial charge on any atom is -0.388 e. The van der Waals surface area contributed by atoms with E-state index in [9.17, 15) is 5.11 Å². The van der Waals surface area contributed by atoms with E-state index >= 15 is 0 Å².